The van der Waals surface area contributed by atoms with E-state index in [1.54, 1.807) is 16.6 Å². The average Bonchev–Trinajstić information content (AvgIpc) is 3.22. The fourth-order valence-corrected chi connectivity index (χ4v) is 5.84. The van der Waals surface area contributed by atoms with Gasteiger partial charge in [0, 0.05) is 12.2 Å². The Hall–Kier alpha value is -3.55. The topological polar surface area (TPSA) is 136 Å². The van der Waals surface area contributed by atoms with Crippen LogP contribution in [-0.2, 0) is 0 Å². The first kappa shape index (κ1) is 25.1. The number of hydrogen-bond donors (Lipinski definition) is 4. The number of carbonyl (C=O) groups excluding carboxylic acids is 1. The Bertz CT molecular complexity index is 1390. The van der Waals surface area contributed by atoms with Gasteiger partial charge in [0.15, 0.2) is 0 Å². The van der Waals surface area contributed by atoms with Crippen molar-refractivity contribution >= 4 is 17.1 Å². The van der Waals surface area contributed by atoms with E-state index in [9.17, 15) is 19.4 Å². The highest BCUT2D eigenvalue weighted by molar-refractivity contribution is 6.00. The smallest absolute Gasteiger partial charge is 0.255 e. The highest BCUT2D eigenvalue weighted by Crippen LogP contribution is 2.60. The molecule has 0 unspecified atom stereocenters. The number of carbonyl (C=O) groups is 1. The molecule has 2 aliphatic rings. The third-order valence-corrected chi connectivity index (χ3v) is 7.48. The van der Waals surface area contributed by atoms with Gasteiger partial charge in [0.2, 0.25) is 0 Å². The molecule has 2 saturated carbocycles. The molecule has 9 nitrogen and oxygen atoms in total. The summed E-state index contributed by atoms with van der Waals surface area (Å²) in [7, 11) is 0. The van der Waals surface area contributed by atoms with Gasteiger partial charge in [0.1, 0.15) is 12.2 Å². The molecule has 3 aromatic rings. The first-order valence-electron chi connectivity index (χ1n) is 12.4. The van der Waals surface area contributed by atoms with E-state index in [0.29, 0.717) is 22.6 Å². The van der Waals surface area contributed by atoms with Crippen LogP contribution in [0.15, 0.2) is 36.7 Å². The number of alkyl halides is 1. The SMILES string of the molecule is CC1(O)CC2(CC(Nc3cc(-c4ccc5cc(C#N)cnn45)ncc3C(=O)NC[C@@H](F)C(C)(C)O)C2)C1. The van der Waals surface area contributed by atoms with Crippen LogP contribution >= 0.6 is 0 Å². The predicted molar refractivity (Wildman–Crippen MR) is 136 cm³/mol. The van der Waals surface area contributed by atoms with Crippen LogP contribution in [0.25, 0.3) is 16.9 Å². The van der Waals surface area contributed by atoms with E-state index >= 15 is 0 Å². The summed E-state index contributed by atoms with van der Waals surface area (Å²) in [6, 6.07) is 9.41. The van der Waals surface area contributed by atoms with E-state index in [0.717, 1.165) is 31.2 Å². The molecule has 0 aliphatic heterocycles. The van der Waals surface area contributed by atoms with E-state index < -0.39 is 23.3 Å². The molecular formula is C27H31FN6O3. The Morgan fingerprint density at radius 2 is 2.05 bits per heavy atom. The number of halogens is 1. The molecular weight excluding hydrogens is 475 g/mol. The molecule has 3 heterocycles. The minimum absolute atomic E-state index is 0.128. The van der Waals surface area contributed by atoms with E-state index in [2.05, 4.69) is 26.8 Å². The highest BCUT2D eigenvalue weighted by atomic mass is 19.1. The van der Waals surface area contributed by atoms with Gasteiger partial charge in [-0.2, -0.15) is 10.4 Å². The third-order valence-electron chi connectivity index (χ3n) is 7.48. The van der Waals surface area contributed by atoms with Crippen molar-refractivity contribution in [1.82, 2.24) is 19.9 Å². The maximum Gasteiger partial charge on any atom is 0.255 e. The lowest BCUT2D eigenvalue weighted by Gasteiger charge is -2.60. The molecule has 2 aliphatic carbocycles. The fourth-order valence-electron chi connectivity index (χ4n) is 5.84. The van der Waals surface area contributed by atoms with E-state index in [1.165, 1.54) is 26.2 Å². The van der Waals surface area contributed by atoms with Crippen LogP contribution in [0.3, 0.4) is 0 Å². The molecule has 0 radical (unpaired) electrons. The van der Waals surface area contributed by atoms with Crippen LogP contribution in [0.2, 0.25) is 0 Å². The molecule has 3 aromatic heterocycles. The zero-order valence-corrected chi connectivity index (χ0v) is 21.1. The van der Waals surface area contributed by atoms with Gasteiger partial charge in [0.25, 0.3) is 5.91 Å². The molecule has 1 atom stereocenters. The minimum atomic E-state index is -1.63. The van der Waals surface area contributed by atoms with E-state index in [1.807, 2.05) is 19.1 Å². The van der Waals surface area contributed by atoms with Gasteiger partial charge in [-0.15, -0.1) is 0 Å². The second-order valence-corrected chi connectivity index (χ2v) is 11.5. The Labute approximate surface area is 214 Å². The lowest BCUT2D eigenvalue weighted by molar-refractivity contribution is -0.154. The lowest BCUT2D eigenvalue weighted by atomic mass is 9.48. The maximum atomic E-state index is 14.3. The molecule has 10 heteroatoms. The van der Waals surface area contributed by atoms with Gasteiger partial charge in [0.05, 0.1) is 57.7 Å². The highest BCUT2D eigenvalue weighted by Gasteiger charge is 2.57. The number of aliphatic hydroxyl groups is 2. The number of nitriles is 1. The maximum absolute atomic E-state index is 14.3. The Morgan fingerprint density at radius 3 is 2.70 bits per heavy atom. The second-order valence-electron chi connectivity index (χ2n) is 11.5. The van der Waals surface area contributed by atoms with Gasteiger partial charge >= 0.3 is 0 Å². The summed E-state index contributed by atoms with van der Waals surface area (Å²) in [6.07, 6.45) is 4.63. The summed E-state index contributed by atoms with van der Waals surface area (Å²) < 4.78 is 15.9. The van der Waals surface area contributed by atoms with Crippen molar-refractivity contribution in [2.45, 2.75) is 69.9 Å². The largest absolute Gasteiger partial charge is 0.390 e. The molecule has 5 rings (SSSR count). The monoisotopic (exact) mass is 506 g/mol. The van der Waals surface area contributed by atoms with Crippen molar-refractivity contribution in [3.8, 4) is 17.5 Å². The van der Waals surface area contributed by atoms with Gasteiger partial charge in [-0.25, -0.2) is 8.91 Å². The van der Waals surface area contributed by atoms with Crippen LogP contribution in [0, 0.1) is 16.7 Å². The van der Waals surface area contributed by atoms with E-state index in [4.69, 9.17) is 5.26 Å². The van der Waals surface area contributed by atoms with E-state index in [-0.39, 0.29) is 23.6 Å². The standard InChI is InChI=1S/C27H31FN6O3/c1-25(2,36)23(28)13-31-24(35)19-12-30-21(22-5-4-18-6-16(10-29)11-32-34(18)22)7-20(19)33-17-8-27(9-17)14-26(3,37)15-27/h4-7,11-12,17,23,36-37H,8-9,13-15H2,1-3H3,(H,30,33)(H,31,35)/t17?,23-,26?,27?/m1/s1. The quantitative estimate of drug-likeness (QED) is 0.386. The Morgan fingerprint density at radius 1 is 1.32 bits per heavy atom. The van der Waals surface area contributed by atoms with Gasteiger partial charge in [-0.1, -0.05) is 0 Å². The van der Waals surface area contributed by atoms with Crippen LogP contribution in [0.1, 0.15) is 62.4 Å². The van der Waals surface area contributed by atoms with Gasteiger partial charge < -0.3 is 20.8 Å². The third kappa shape index (κ3) is 4.89. The zero-order valence-electron chi connectivity index (χ0n) is 21.1. The van der Waals surface area contributed by atoms with Crippen LogP contribution in [0.4, 0.5) is 10.1 Å². The van der Waals surface area contributed by atoms with Crippen LogP contribution in [-0.4, -0.2) is 60.7 Å². The number of nitrogens with zero attached hydrogens (tertiary/aromatic N) is 4. The van der Waals surface area contributed by atoms with Crippen molar-refractivity contribution in [3.05, 3.63) is 47.8 Å². The first-order valence-corrected chi connectivity index (χ1v) is 12.4. The van der Waals surface area contributed by atoms with Crippen LogP contribution in [0.5, 0.6) is 0 Å². The van der Waals surface area contributed by atoms with Crippen molar-refractivity contribution < 1.29 is 19.4 Å². The summed E-state index contributed by atoms with van der Waals surface area (Å²) in [5.74, 6) is -0.495. The number of nitrogens with one attached hydrogen (secondary N) is 2. The molecule has 194 valence electrons. The number of rotatable bonds is 7. The summed E-state index contributed by atoms with van der Waals surface area (Å²) in [5, 5.41) is 39.6. The first-order chi connectivity index (χ1) is 17.4. The summed E-state index contributed by atoms with van der Waals surface area (Å²) in [5.41, 5.74) is 1.28. The molecule has 1 amide bonds. The zero-order chi connectivity index (χ0) is 26.6. The van der Waals surface area contributed by atoms with Gasteiger partial charge in [-0.3, -0.25) is 9.78 Å². The normalized spacial score (nSPS) is 25.7. The number of amides is 1. The molecule has 0 aromatic carbocycles. The second kappa shape index (κ2) is 8.78. The summed E-state index contributed by atoms with van der Waals surface area (Å²) >= 11 is 0. The Balaban J connectivity index is 1.41. The number of aromatic nitrogens is 3. The minimum Gasteiger partial charge on any atom is -0.390 e. The number of hydrogen-bond acceptors (Lipinski definition) is 7. The van der Waals surface area contributed by atoms with Crippen molar-refractivity contribution in [1.29, 1.82) is 5.26 Å². The fraction of sp³-hybridized carbons (Fsp3) is 0.481. The van der Waals surface area contributed by atoms with Crippen molar-refractivity contribution in [2.24, 2.45) is 5.41 Å². The number of anilines is 1. The molecule has 0 saturated heterocycles. The molecule has 4 N–H and O–H groups in total. The molecule has 2 fully saturated rings. The van der Waals surface area contributed by atoms with Gasteiger partial charge in [-0.05, 0) is 76.1 Å². The number of fused-ring (bicyclic) bond motifs is 1. The lowest BCUT2D eigenvalue weighted by Crippen LogP contribution is -2.59. The summed E-state index contributed by atoms with van der Waals surface area (Å²) in [4.78, 5) is 17.5. The molecule has 0 bridgehead atoms. The molecule has 37 heavy (non-hydrogen) atoms. The Kier molecular flexibility index (Phi) is 5.96. The summed E-state index contributed by atoms with van der Waals surface area (Å²) in [6.45, 7) is 4.23. The molecule has 1 spiro atoms. The average molecular weight is 507 g/mol. The van der Waals surface area contributed by atoms with Crippen LogP contribution < -0.4 is 10.6 Å². The van der Waals surface area contributed by atoms with Crippen molar-refractivity contribution in [3.63, 3.8) is 0 Å². The number of pyridine rings is 1. The van der Waals surface area contributed by atoms with Crippen molar-refractivity contribution in [2.75, 3.05) is 11.9 Å². The predicted octanol–water partition coefficient (Wildman–Crippen LogP) is 3.21.